The highest BCUT2D eigenvalue weighted by molar-refractivity contribution is 6.24. The van der Waals surface area contributed by atoms with Gasteiger partial charge in [-0.1, -0.05) is 24.3 Å². The first-order chi connectivity index (χ1) is 9.75. The Labute approximate surface area is 116 Å². The fraction of sp³-hybridized carbons (Fsp3) is 0.125. The van der Waals surface area contributed by atoms with Crippen molar-refractivity contribution < 1.29 is 4.79 Å². The number of benzene rings is 2. The van der Waals surface area contributed by atoms with Crippen LogP contribution in [0.5, 0.6) is 0 Å². The number of hydrogen-bond acceptors (Lipinski definition) is 2. The van der Waals surface area contributed by atoms with Gasteiger partial charge in [-0.05, 0) is 17.5 Å². The number of aryl methyl sites for hydroxylation is 1. The number of carbonyl (C=O) groups is 1. The second kappa shape index (κ2) is 3.93. The molecule has 4 nitrogen and oxygen atoms in total. The Morgan fingerprint density at radius 2 is 1.95 bits per heavy atom. The Hall–Kier alpha value is -2.62. The molecule has 1 aromatic heterocycles. The van der Waals surface area contributed by atoms with Gasteiger partial charge in [-0.2, -0.15) is 0 Å². The molecule has 1 aliphatic heterocycles. The summed E-state index contributed by atoms with van der Waals surface area (Å²) in [4.78, 5) is 18.6. The third-order valence-corrected chi connectivity index (χ3v) is 3.89. The minimum atomic E-state index is 0.0676. The van der Waals surface area contributed by atoms with E-state index in [-0.39, 0.29) is 5.91 Å². The molecule has 0 bridgehead atoms. The number of imidazole rings is 1. The lowest BCUT2D eigenvalue weighted by Gasteiger charge is -2.17. The summed E-state index contributed by atoms with van der Waals surface area (Å²) in [6.45, 7) is 0.545. The maximum atomic E-state index is 12.6. The van der Waals surface area contributed by atoms with Gasteiger partial charge in [-0.15, -0.1) is 0 Å². The third-order valence-electron chi connectivity index (χ3n) is 3.89. The molecule has 4 heteroatoms. The predicted octanol–water partition coefficient (Wildman–Crippen LogP) is 2.73. The number of nitrogens with zero attached hydrogens (tertiary/aromatic N) is 3. The number of anilines is 1. The van der Waals surface area contributed by atoms with Crippen molar-refractivity contribution in [3.8, 4) is 0 Å². The van der Waals surface area contributed by atoms with Crippen LogP contribution in [-0.2, 0) is 13.6 Å². The summed E-state index contributed by atoms with van der Waals surface area (Å²) in [5, 5.41) is 2.17. The average molecular weight is 263 g/mol. The molecule has 0 N–H and O–H groups in total. The standard InChI is InChI=1S/C16H13N3O/c1-18-10-17-8-12(18)9-19-14-7-3-5-11-4-2-6-13(15(11)14)16(19)20/h2-8,10H,9H2,1H3. The number of amides is 1. The van der Waals surface area contributed by atoms with E-state index in [1.54, 1.807) is 12.5 Å². The SMILES string of the molecule is Cn1cncc1CN1C(=O)c2cccc3cccc1c23. The van der Waals surface area contributed by atoms with Gasteiger partial charge in [0.15, 0.2) is 0 Å². The highest BCUT2D eigenvalue weighted by atomic mass is 16.2. The normalized spacial score (nSPS) is 13.4. The minimum Gasteiger partial charge on any atom is -0.336 e. The summed E-state index contributed by atoms with van der Waals surface area (Å²) in [5.41, 5.74) is 2.80. The summed E-state index contributed by atoms with van der Waals surface area (Å²) in [6.07, 6.45) is 3.56. The third kappa shape index (κ3) is 1.42. The average Bonchev–Trinajstić information content (AvgIpc) is 2.98. The van der Waals surface area contributed by atoms with Gasteiger partial charge in [-0.25, -0.2) is 4.98 Å². The van der Waals surface area contributed by atoms with Crippen LogP contribution in [-0.4, -0.2) is 15.5 Å². The molecular weight excluding hydrogens is 250 g/mol. The van der Waals surface area contributed by atoms with Crippen LogP contribution < -0.4 is 4.90 Å². The van der Waals surface area contributed by atoms with Crippen molar-refractivity contribution in [1.82, 2.24) is 9.55 Å². The molecule has 0 spiro atoms. The number of aromatic nitrogens is 2. The topological polar surface area (TPSA) is 38.1 Å². The highest BCUT2D eigenvalue weighted by Gasteiger charge is 2.29. The quantitative estimate of drug-likeness (QED) is 0.713. The second-order valence-corrected chi connectivity index (χ2v) is 5.07. The first-order valence-corrected chi connectivity index (χ1v) is 6.54. The van der Waals surface area contributed by atoms with Crippen LogP contribution in [0.4, 0.5) is 5.69 Å². The molecule has 98 valence electrons. The summed E-state index contributed by atoms with van der Waals surface area (Å²) < 4.78 is 1.94. The van der Waals surface area contributed by atoms with Crippen LogP contribution in [0.25, 0.3) is 10.8 Å². The van der Waals surface area contributed by atoms with E-state index >= 15 is 0 Å². The molecule has 3 aromatic rings. The Kier molecular flexibility index (Phi) is 2.21. The molecule has 0 aliphatic carbocycles. The monoisotopic (exact) mass is 263 g/mol. The Bertz CT molecular complexity index is 829. The lowest BCUT2D eigenvalue weighted by molar-refractivity contribution is 0.0991. The molecule has 0 saturated carbocycles. The van der Waals surface area contributed by atoms with Crippen molar-refractivity contribution in [2.75, 3.05) is 4.90 Å². The summed E-state index contributed by atoms with van der Waals surface area (Å²) in [7, 11) is 1.94. The summed E-state index contributed by atoms with van der Waals surface area (Å²) in [5.74, 6) is 0.0676. The maximum Gasteiger partial charge on any atom is 0.259 e. The molecule has 1 aliphatic rings. The molecule has 1 amide bonds. The minimum absolute atomic E-state index is 0.0676. The van der Waals surface area contributed by atoms with E-state index < -0.39 is 0 Å². The fourth-order valence-electron chi connectivity index (χ4n) is 2.84. The fourth-order valence-corrected chi connectivity index (χ4v) is 2.84. The van der Waals surface area contributed by atoms with E-state index in [2.05, 4.69) is 4.98 Å². The zero-order chi connectivity index (χ0) is 13.7. The Balaban J connectivity index is 1.87. The van der Waals surface area contributed by atoms with Gasteiger partial charge in [0.25, 0.3) is 5.91 Å². The Morgan fingerprint density at radius 3 is 2.70 bits per heavy atom. The van der Waals surface area contributed by atoms with E-state index in [0.717, 1.165) is 27.7 Å². The van der Waals surface area contributed by atoms with E-state index in [1.807, 2.05) is 52.9 Å². The van der Waals surface area contributed by atoms with Crippen LogP contribution in [0.2, 0.25) is 0 Å². The van der Waals surface area contributed by atoms with Crippen LogP contribution in [0.3, 0.4) is 0 Å². The van der Waals surface area contributed by atoms with E-state index in [4.69, 9.17) is 0 Å². The molecule has 20 heavy (non-hydrogen) atoms. The molecule has 2 heterocycles. The maximum absolute atomic E-state index is 12.6. The molecule has 0 atom stereocenters. The number of carbonyl (C=O) groups excluding carboxylic acids is 1. The van der Waals surface area contributed by atoms with Crippen LogP contribution in [0, 0.1) is 0 Å². The lowest BCUT2D eigenvalue weighted by atomic mass is 10.1. The van der Waals surface area contributed by atoms with E-state index in [1.165, 1.54) is 0 Å². The Morgan fingerprint density at radius 1 is 1.15 bits per heavy atom. The molecular formula is C16H13N3O. The van der Waals surface area contributed by atoms with Crippen molar-refractivity contribution in [2.24, 2.45) is 7.05 Å². The largest absolute Gasteiger partial charge is 0.336 e. The molecule has 2 aromatic carbocycles. The second-order valence-electron chi connectivity index (χ2n) is 5.07. The van der Waals surface area contributed by atoms with Crippen LogP contribution >= 0.6 is 0 Å². The smallest absolute Gasteiger partial charge is 0.259 e. The highest BCUT2D eigenvalue weighted by Crippen LogP contribution is 2.37. The van der Waals surface area contributed by atoms with Crippen molar-refractivity contribution in [3.63, 3.8) is 0 Å². The summed E-state index contributed by atoms with van der Waals surface area (Å²) in [6, 6.07) is 11.9. The first-order valence-electron chi connectivity index (χ1n) is 6.54. The van der Waals surface area contributed by atoms with Crippen LogP contribution in [0.15, 0.2) is 48.9 Å². The molecule has 0 saturated heterocycles. The van der Waals surface area contributed by atoms with Gasteiger partial charge >= 0.3 is 0 Å². The van der Waals surface area contributed by atoms with Gasteiger partial charge in [0.2, 0.25) is 0 Å². The van der Waals surface area contributed by atoms with E-state index in [9.17, 15) is 4.79 Å². The predicted molar refractivity (Wildman–Crippen MR) is 77.7 cm³/mol. The molecule has 0 fully saturated rings. The lowest BCUT2D eigenvalue weighted by Crippen LogP contribution is -2.27. The molecule has 0 radical (unpaired) electrons. The van der Waals surface area contributed by atoms with Gasteiger partial charge < -0.3 is 9.47 Å². The zero-order valence-electron chi connectivity index (χ0n) is 11.1. The summed E-state index contributed by atoms with van der Waals surface area (Å²) >= 11 is 0. The molecule has 4 rings (SSSR count). The van der Waals surface area contributed by atoms with Gasteiger partial charge in [0.1, 0.15) is 0 Å². The first kappa shape index (κ1) is 11.2. The van der Waals surface area contributed by atoms with Crippen molar-refractivity contribution in [3.05, 3.63) is 60.2 Å². The van der Waals surface area contributed by atoms with Crippen molar-refractivity contribution in [2.45, 2.75) is 6.54 Å². The van der Waals surface area contributed by atoms with Crippen LogP contribution in [0.1, 0.15) is 16.1 Å². The van der Waals surface area contributed by atoms with Crippen molar-refractivity contribution >= 4 is 22.4 Å². The van der Waals surface area contributed by atoms with Gasteiger partial charge in [0, 0.05) is 24.2 Å². The molecule has 0 unspecified atom stereocenters. The van der Waals surface area contributed by atoms with Gasteiger partial charge in [0.05, 0.1) is 24.3 Å². The van der Waals surface area contributed by atoms with Crippen molar-refractivity contribution in [1.29, 1.82) is 0 Å². The van der Waals surface area contributed by atoms with E-state index in [0.29, 0.717) is 6.54 Å². The number of rotatable bonds is 2. The van der Waals surface area contributed by atoms with Gasteiger partial charge in [-0.3, -0.25) is 4.79 Å². The number of hydrogen-bond donors (Lipinski definition) is 0. The zero-order valence-corrected chi connectivity index (χ0v) is 11.1.